The van der Waals surface area contributed by atoms with Crippen LogP contribution in [0.2, 0.25) is 0 Å². The van der Waals surface area contributed by atoms with Gasteiger partial charge in [0.15, 0.2) is 5.78 Å². The molecular formula is C23H26N2O4. The monoisotopic (exact) mass is 394 g/mol. The Kier molecular flexibility index (Phi) is 5.22. The molecule has 1 aliphatic rings. The van der Waals surface area contributed by atoms with E-state index in [1.807, 2.05) is 24.3 Å². The molecule has 1 unspecified atom stereocenters. The quantitative estimate of drug-likeness (QED) is 0.621. The lowest BCUT2D eigenvalue weighted by molar-refractivity contribution is -0.130. The van der Waals surface area contributed by atoms with Gasteiger partial charge in [-0.2, -0.15) is 0 Å². The van der Waals surface area contributed by atoms with Crippen molar-refractivity contribution in [3.05, 3.63) is 65.2 Å². The zero-order chi connectivity index (χ0) is 21.4. The molecule has 0 bridgehead atoms. The predicted octanol–water partition coefficient (Wildman–Crippen LogP) is 3.64. The van der Waals surface area contributed by atoms with E-state index in [2.05, 4.69) is 26.1 Å². The van der Waals surface area contributed by atoms with Crippen LogP contribution in [0.15, 0.2) is 48.5 Å². The van der Waals surface area contributed by atoms with Crippen LogP contribution in [0.3, 0.4) is 0 Å². The summed E-state index contributed by atoms with van der Waals surface area (Å²) < 4.78 is 5.21. The number of nitrogens with zero attached hydrogens (tertiary/aromatic N) is 1. The number of nitrogens with one attached hydrogen (secondary N) is 1. The summed E-state index contributed by atoms with van der Waals surface area (Å²) in [4.78, 5) is 39.3. The number of imide groups is 1. The number of Topliss-reactive ketones (excluding diaryl/α,β-unsaturated/α-hetero) is 1. The molecule has 0 aliphatic carbocycles. The second-order valence-corrected chi connectivity index (χ2v) is 8.40. The van der Waals surface area contributed by atoms with Gasteiger partial charge in [-0.1, -0.05) is 57.2 Å². The average Bonchev–Trinajstić information content (AvgIpc) is 2.91. The van der Waals surface area contributed by atoms with E-state index in [0.717, 1.165) is 10.5 Å². The van der Waals surface area contributed by atoms with Crippen molar-refractivity contribution in [2.75, 3.05) is 13.7 Å². The lowest BCUT2D eigenvalue weighted by Crippen LogP contribution is -2.41. The van der Waals surface area contributed by atoms with Crippen LogP contribution in [0.1, 0.15) is 49.2 Å². The molecule has 1 fully saturated rings. The van der Waals surface area contributed by atoms with Crippen LogP contribution in [0.5, 0.6) is 5.75 Å². The van der Waals surface area contributed by atoms with E-state index in [9.17, 15) is 14.4 Å². The molecule has 29 heavy (non-hydrogen) atoms. The molecule has 3 rings (SSSR count). The Morgan fingerprint density at radius 2 is 1.69 bits per heavy atom. The number of methoxy groups -OCH3 is 1. The van der Waals surface area contributed by atoms with Gasteiger partial charge in [-0.05, 0) is 35.6 Å². The van der Waals surface area contributed by atoms with Gasteiger partial charge in [0.25, 0.3) is 5.91 Å². The smallest absolute Gasteiger partial charge is 0.325 e. The zero-order valence-electron chi connectivity index (χ0n) is 17.4. The lowest BCUT2D eigenvalue weighted by atomic mass is 9.84. The van der Waals surface area contributed by atoms with Gasteiger partial charge in [0.05, 0.1) is 19.2 Å². The molecule has 6 nitrogen and oxygen atoms in total. The van der Waals surface area contributed by atoms with Crippen molar-refractivity contribution in [3.8, 4) is 5.75 Å². The first-order valence-electron chi connectivity index (χ1n) is 9.49. The van der Waals surface area contributed by atoms with E-state index in [1.54, 1.807) is 31.2 Å². The van der Waals surface area contributed by atoms with Gasteiger partial charge in [-0.3, -0.25) is 14.5 Å². The molecular weight excluding hydrogens is 368 g/mol. The third kappa shape index (κ3) is 3.75. The third-order valence-electron chi connectivity index (χ3n) is 5.31. The molecule has 0 spiro atoms. The van der Waals surface area contributed by atoms with Crippen LogP contribution < -0.4 is 10.1 Å². The fourth-order valence-corrected chi connectivity index (χ4v) is 3.44. The molecule has 2 aromatic rings. The average molecular weight is 394 g/mol. The summed E-state index contributed by atoms with van der Waals surface area (Å²) in [5, 5.41) is 2.74. The Bertz CT molecular complexity index is 960. The zero-order valence-corrected chi connectivity index (χ0v) is 17.4. The van der Waals surface area contributed by atoms with E-state index >= 15 is 0 Å². The van der Waals surface area contributed by atoms with E-state index in [1.165, 1.54) is 7.11 Å². The number of carbonyl (C=O) groups is 3. The Balaban J connectivity index is 1.84. The minimum absolute atomic E-state index is 0.0183. The van der Waals surface area contributed by atoms with Gasteiger partial charge in [0.2, 0.25) is 0 Å². The minimum atomic E-state index is -1.21. The maximum absolute atomic E-state index is 13.1. The number of ether oxygens (including phenoxy) is 1. The molecule has 152 valence electrons. The first-order valence-corrected chi connectivity index (χ1v) is 9.49. The highest BCUT2D eigenvalue weighted by molar-refractivity contribution is 6.11. The molecule has 6 heteroatoms. The fourth-order valence-electron chi connectivity index (χ4n) is 3.44. The maximum atomic E-state index is 13.1. The third-order valence-corrected chi connectivity index (χ3v) is 5.31. The SMILES string of the molecule is COc1ccccc1C(=O)CN1C(=O)NC(C)(c2ccc(C(C)(C)C)cc2)C1=O. The van der Waals surface area contributed by atoms with Crippen LogP contribution in [0.4, 0.5) is 4.79 Å². The van der Waals surface area contributed by atoms with Crippen LogP contribution in [-0.2, 0) is 15.7 Å². The first kappa shape index (κ1) is 20.6. The standard InChI is InChI=1S/C23H26N2O4/c1-22(2,3)15-10-12-16(13-11-15)23(4)20(27)25(21(28)24-23)14-18(26)17-8-6-7-9-19(17)29-5/h6-13H,14H2,1-5H3,(H,24,28). The van der Waals surface area contributed by atoms with Crippen molar-refractivity contribution in [2.45, 2.75) is 38.6 Å². The topological polar surface area (TPSA) is 75.7 Å². The second kappa shape index (κ2) is 7.35. The van der Waals surface area contributed by atoms with E-state index in [4.69, 9.17) is 4.74 Å². The molecule has 1 aliphatic heterocycles. The van der Waals surface area contributed by atoms with Crippen LogP contribution in [0.25, 0.3) is 0 Å². The van der Waals surface area contributed by atoms with Crippen molar-refractivity contribution in [3.63, 3.8) is 0 Å². The van der Waals surface area contributed by atoms with Crippen molar-refractivity contribution < 1.29 is 19.1 Å². The van der Waals surface area contributed by atoms with Gasteiger partial charge in [0, 0.05) is 0 Å². The summed E-state index contributed by atoms with van der Waals surface area (Å²) in [6, 6.07) is 13.8. The highest BCUT2D eigenvalue weighted by atomic mass is 16.5. The number of hydrogen-bond acceptors (Lipinski definition) is 4. The number of benzene rings is 2. The number of ketones is 1. The summed E-state index contributed by atoms with van der Waals surface area (Å²) in [7, 11) is 1.47. The van der Waals surface area contributed by atoms with Crippen molar-refractivity contribution in [2.24, 2.45) is 0 Å². The molecule has 1 atom stereocenters. The lowest BCUT2D eigenvalue weighted by Gasteiger charge is -2.24. The number of para-hydroxylation sites is 1. The number of hydrogen-bond donors (Lipinski definition) is 1. The molecule has 0 radical (unpaired) electrons. The predicted molar refractivity (Wildman–Crippen MR) is 110 cm³/mol. The minimum Gasteiger partial charge on any atom is -0.496 e. The van der Waals surface area contributed by atoms with Crippen LogP contribution in [-0.4, -0.2) is 36.3 Å². The van der Waals surface area contributed by atoms with Gasteiger partial charge in [0.1, 0.15) is 11.3 Å². The molecule has 0 aromatic heterocycles. The highest BCUT2D eigenvalue weighted by Gasteiger charge is 2.49. The molecule has 0 saturated carbocycles. The number of carbonyl (C=O) groups excluding carboxylic acids is 3. The van der Waals surface area contributed by atoms with Gasteiger partial charge < -0.3 is 10.1 Å². The number of urea groups is 1. The number of amides is 3. The van der Waals surface area contributed by atoms with Crippen LogP contribution in [0, 0.1) is 0 Å². The Morgan fingerprint density at radius 1 is 1.07 bits per heavy atom. The molecule has 2 aromatic carbocycles. The Morgan fingerprint density at radius 3 is 2.28 bits per heavy atom. The second-order valence-electron chi connectivity index (χ2n) is 8.40. The number of rotatable bonds is 5. The largest absolute Gasteiger partial charge is 0.496 e. The van der Waals surface area contributed by atoms with Gasteiger partial charge in [-0.25, -0.2) is 4.79 Å². The summed E-state index contributed by atoms with van der Waals surface area (Å²) >= 11 is 0. The fraction of sp³-hybridized carbons (Fsp3) is 0.348. The van der Waals surface area contributed by atoms with E-state index < -0.39 is 17.5 Å². The first-order chi connectivity index (χ1) is 13.6. The van der Waals surface area contributed by atoms with Crippen molar-refractivity contribution >= 4 is 17.7 Å². The van der Waals surface area contributed by atoms with Gasteiger partial charge >= 0.3 is 6.03 Å². The van der Waals surface area contributed by atoms with Crippen molar-refractivity contribution in [1.82, 2.24) is 10.2 Å². The summed E-state index contributed by atoms with van der Waals surface area (Å²) in [6.45, 7) is 7.64. The maximum Gasteiger partial charge on any atom is 0.325 e. The summed E-state index contributed by atoms with van der Waals surface area (Å²) in [6.07, 6.45) is 0. The van der Waals surface area contributed by atoms with E-state index in [-0.39, 0.29) is 17.7 Å². The molecule has 1 N–H and O–H groups in total. The highest BCUT2D eigenvalue weighted by Crippen LogP contribution is 2.31. The van der Waals surface area contributed by atoms with Crippen molar-refractivity contribution in [1.29, 1.82) is 0 Å². The summed E-state index contributed by atoms with van der Waals surface area (Å²) in [5.74, 6) is -0.405. The normalized spacial score (nSPS) is 19.3. The van der Waals surface area contributed by atoms with Crippen LogP contribution >= 0.6 is 0 Å². The van der Waals surface area contributed by atoms with E-state index in [0.29, 0.717) is 16.9 Å². The van der Waals surface area contributed by atoms with Gasteiger partial charge in [-0.15, -0.1) is 0 Å². The Labute approximate surface area is 170 Å². The molecule has 3 amide bonds. The Hall–Kier alpha value is -3.15. The summed E-state index contributed by atoms with van der Waals surface area (Å²) in [5.41, 5.74) is 0.907. The molecule has 1 heterocycles. The molecule has 1 saturated heterocycles.